The Kier molecular flexibility index (Phi) is 13.9. The lowest BCUT2D eigenvalue weighted by Crippen LogP contribution is -2.57. The number of nitrogens with one attached hydrogen (secondary N) is 3. The second-order valence-electron chi connectivity index (χ2n) is 9.97. The van der Waals surface area contributed by atoms with E-state index in [9.17, 15) is 34.2 Å². The van der Waals surface area contributed by atoms with Crippen molar-refractivity contribution in [3.05, 3.63) is 29.8 Å². The Balaban J connectivity index is 3.16. The van der Waals surface area contributed by atoms with Crippen LogP contribution in [0.3, 0.4) is 0 Å². The number of benzene rings is 1. The molecular weight excluding hydrogens is 508 g/mol. The lowest BCUT2D eigenvalue weighted by Gasteiger charge is -2.33. The number of aliphatic hydroxyl groups excluding tert-OH is 1. The molecule has 4 atom stereocenters. The van der Waals surface area contributed by atoms with Crippen molar-refractivity contribution in [1.29, 1.82) is 0 Å². The smallest absolute Gasteiger partial charge is 0.247 e. The maximum absolute atomic E-state index is 13.3. The Morgan fingerprint density at radius 3 is 2.08 bits per heavy atom. The first-order valence-corrected chi connectivity index (χ1v) is 12.8. The molecule has 0 aliphatic rings. The number of carbonyl (C=O) groups is 5. The molecule has 0 aliphatic carbocycles. The van der Waals surface area contributed by atoms with Crippen molar-refractivity contribution in [2.24, 2.45) is 17.4 Å². The molecule has 0 radical (unpaired) electrons. The van der Waals surface area contributed by atoms with Crippen LogP contribution < -0.4 is 27.4 Å². The van der Waals surface area contributed by atoms with E-state index in [0.29, 0.717) is 12.0 Å². The SMILES string of the molecule is CC(=O)N[C@@H](CO)C(=O)N(C)[C@H](CN[C@@H](Cc1ccc(O)cc1)C(=O)N[C@@H](CCC(N)=O)C(N)=O)CC(C)C. The van der Waals surface area contributed by atoms with Gasteiger partial charge in [-0.3, -0.25) is 24.0 Å². The summed E-state index contributed by atoms with van der Waals surface area (Å²) >= 11 is 0. The van der Waals surface area contributed by atoms with E-state index in [2.05, 4.69) is 16.0 Å². The molecule has 0 saturated heterocycles. The fraction of sp³-hybridized carbons (Fsp3) is 0.577. The van der Waals surface area contributed by atoms with Gasteiger partial charge in [-0.2, -0.15) is 0 Å². The molecule has 0 saturated carbocycles. The highest BCUT2D eigenvalue weighted by Gasteiger charge is 2.30. The van der Waals surface area contributed by atoms with E-state index >= 15 is 0 Å². The number of amides is 5. The quantitative estimate of drug-likeness (QED) is 0.121. The standard InChI is InChI=1S/C26H42N6O7/c1-15(2)11-18(32(4)26(39)22(14-33)30-16(3)34)13-29-21(12-17-5-7-19(35)8-6-17)25(38)31-20(24(28)37)9-10-23(27)36/h5-8,15,18,20-22,29,33,35H,9-14H2,1-4H3,(H2,27,36)(H2,28,37)(H,30,34)(H,31,38)/t18-,20-,21-,22-/m0/s1. The van der Waals surface area contributed by atoms with Crippen LogP contribution in [0.25, 0.3) is 0 Å². The minimum Gasteiger partial charge on any atom is -0.508 e. The van der Waals surface area contributed by atoms with Crippen LogP contribution in [0.2, 0.25) is 0 Å². The molecule has 0 heterocycles. The zero-order valence-electron chi connectivity index (χ0n) is 23.0. The van der Waals surface area contributed by atoms with E-state index in [4.69, 9.17) is 11.5 Å². The van der Waals surface area contributed by atoms with Gasteiger partial charge in [0.1, 0.15) is 17.8 Å². The van der Waals surface area contributed by atoms with Gasteiger partial charge >= 0.3 is 0 Å². The number of hydrogen-bond acceptors (Lipinski definition) is 8. The normalized spacial score (nSPS) is 14.1. The van der Waals surface area contributed by atoms with Crippen molar-refractivity contribution in [2.45, 2.75) is 70.6 Å². The summed E-state index contributed by atoms with van der Waals surface area (Å²) in [4.78, 5) is 62.3. The van der Waals surface area contributed by atoms with Crippen molar-refractivity contribution < 1.29 is 34.2 Å². The number of phenolic OH excluding ortho intramolecular Hbond substituents is 1. The first kappa shape index (κ1) is 33.3. The highest BCUT2D eigenvalue weighted by Crippen LogP contribution is 2.14. The number of aromatic hydroxyl groups is 1. The van der Waals surface area contributed by atoms with Crippen molar-refractivity contribution in [2.75, 3.05) is 20.2 Å². The first-order chi connectivity index (χ1) is 18.2. The van der Waals surface area contributed by atoms with E-state index in [1.165, 1.54) is 24.0 Å². The third-order valence-electron chi connectivity index (χ3n) is 6.13. The van der Waals surface area contributed by atoms with Crippen molar-refractivity contribution in [3.63, 3.8) is 0 Å². The molecule has 0 aliphatic heterocycles. The first-order valence-electron chi connectivity index (χ1n) is 12.8. The number of rotatable bonds is 17. The van der Waals surface area contributed by atoms with E-state index in [0.717, 1.165) is 0 Å². The minimum atomic E-state index is -1.12. The predicted octanol–water partition coefficient (Wildman–Crippen LogP) is -1.50. The summed E-state index contributed by atoms with van der Waals surface area (Å²) in [5.74, 6) is -2.73. The van der Waals surface area contributed by atoms with Gasteiger partial charge in [0.05, 0.1) is 12.6 Å². The molecule has 1 aromatic rings. The van der Waals surface area contributed by atoms with Crippen LogP contribution >= 0.6 is 0 Å². The highest BCUT2D eigenvalue weighted by molar-refractivity contribution is 5.90. The summed E-state index contributed by atoms with van der Waals surface area (Å²) in [6.07, 6.45) is 0.517. The Hall–Kier alpha value is -3.71. The predicted molar refractivity (Wildman–Crippen MR) is 144 cm³/mol. The lowest BCUT2D eigenvalue weighted by molar-refractivity contribution is -0.138. The van der Waals surface area contributed by atoms with Crippen LogP contribution in [0.1, 0.15) is 45.6 Å². The van der Waals surface area contributed by atoms with Crippen LogP contribution in [0.15, 0.2) is 24.3 Å². The molecular formula is C26H42N6O7. The number of likely N-dealkylation sites (N-methyl/N-ethyl adjacent to an activating group) is 1. The maximum Gasteiger partial charge on any atom is 0.247 e. The van der Waals surface area contributed by atoms with Gasteiger partial charge in [0.25, 0.3) is 0 Å². The Morgan fingerprint density at radius 1 is 0.974 bits per heavy atom. The van der Waals surface area contributed by atoms with Crippen LogP contribution in [0.4, 0.5) is 0 Å². The van der Waals surface area contributed by atoms with Crippen molar-refractivity contribution in [3.8, 4) is 5.75 Å². The average Bonchev–Trinajstić information content (AvgIpc) is 2.86. The minimum absolute atomic E-state index is 0.0543. The van der Waals surface area contributed by atoms with Crippen LogP contribution in [-0.4, -0.2) is 89.0 Å². The molecule has 5 amide bonds. The van der Waals surface area contributed by atoms with Gasteiger partial charge in [0, 0.05) is 33.0 Å². The number of aliphatic hydroxyl groups is 1. The molecule has 0 spiro atoms. The number of phenols is 1. The van der Waals surface area contributed by atoms with E-state index < -0.39 is 60.3 Å². The molecule has 9 N–H and O–H groups in total. The maximum atomic E-state index is 13.3. The van der Waals surface area contributed by atoms with E-state index in [1.54, 1.807) is 19.2 Å². The molecule has 218 valence electrons. The molecule has 13 nitrogen and oxygen atoms in total. The van der Waals surface area contributed by atoms with Gasteiger partial charge in [-0.25, -0.2) is 0 Å². The molecule has 13 heteroatoms. The lowest BCUT2D eigenvalue weighted by atomic mass is 10.00. The van der Waals surface area contributed by atoms with Crippen LogP contribution in [0, 0.1) is 5.92 Å². The molecule has 1 aromatic carbocycles. The number of carbonyl (C=O) groups excluding carboxylic acids is 5. The molecule has 0 fully saturated rings. The topological polar surface area (TPSA) is 217 Å². The van der Waals surface area contributed by atoms with Gasteiger partial charge in [0.2, 0.25) is 29.5 Å². The summed E-state index contributed by atoms with van der Waals surface area (Å²) < 4.78 is 0. The summed E-state index contributed by atoms with van der Waals surface area (Å²) in [7, 11) is 1.56. The van der Waals surface area contributed by atoms with Gasteiger partial charge in [-0.1, -0.05) is 26.0 Å². The molecule has 1 rings (SSSR count). The second-order valence-corrected chi connectivity index (χ2v) is 9.97. The fourth-order valence-corrected chi connectivity index (χ4v) is 4.03. The number of primary amides is 2. The molecule has 0 aromatic heterocycles. The summed E-state index contributed by atoms with van der Waals surface area (Å²) in [6, 6.07) is 2.73. The number of nitrogens with two attached hydrogens (primary N) is 2. The zero-order valence-corrected chi connectivity index (χ0v) is 23.0. The van der Waals surface area contributed by atoms with E-state index in [-0.39, 0.29) is 37.5 Å². The van der Waals surface area contributed by atoms with Crippen LogP contribution in [0.5, 0.6) is 5.75 Å². The Labute approximate surface area is 228 Å². The largest absolute Gasteiger partial charge is 0.508 e. The zero-order chi connectivity index (χ0) is 29.7. The summed E-state index contributed by atoms with van der Waals surface area (Å²) in [5.41, 5.74) is 11.3. The third-order valence-corrected chi connectivity index (χ3v) is 6.13. The Morgan fingerprint density at radius 2 is 1.59 bits per heavy atom. The summed E-state index contributed by atoms with van der Waals surface area (Å²) in [6.45, 7) is 4.78. The average molecular weight is 551 g/mol. The third kappa shape index (κ3) is 12.1. The second kappa shape index (κ2) is 16.3. The fourth-order valence-electron chi connectivity index (χ4n) is 4.03. The van der Waals surface area contributed by atoms with Gasteiger partial charge in [0.15, 0.2) is 0 Å². The molecule has 0 unspecified atom stereocenters. The summed E-state index contributed by atoms with van der Waals surface area (Å²) in [5, 5.41) is 27.4. The molecule has 39 heavy (non-hydrogen) atoms. The van der Waals surface area contributed by atoms with Crippen molar-refractivity contribution in [1.82, 2.24) is 20.9 Å². The Bertz CT molecular complexity index is 986. The van der Waals surface area contributed by atoms with Gasteiger partial charge in [-0.05, 0) is 42.9 Å². The van der Waals surface area contributed by atoms with Gasteiger partial charge < -0.3 is 42.5 Å². The highest BCUT2D eigenvalue weighted by atomic mass is 16.3. The molecule has 0 bridgehead atoms. The number of nitrogens with zero attached hydrogens (tertiary/aromatic N) is 1. The van der Waals surface area contributed by atoms with E-state index in [1.807, 2.05) is 13.8 Å². The monoisotopic (exact) mass is 550 g/mol. The van der Waals surface area contributed by atoms with Crippen LogP contribution in [-0.2, 0) is 30.4 Å². The number of hydrogen-bond donors (Lipinski definition) is 7. The van der Waals surface area contributed by atoms with Gasteiger partial charge in [-0.15, -0.1) is 0 Å². The van der Waals surface area contributed by atoms with Crippen molar-refractivity contribution >= 4 is 29.5 Å².